The summed E-state index contributed by atoms with van der Waals surface area (Å²) in [5.74, 6) is -3.01. The lowest BCUT2D eigenvalue weighted by Gasteiger charge is -2.10. The second-order valence-electron chi connectivity index (χ2n) is 3.92. The van der Waals surface area contributed by atoms with E-state index in [1.807, 2.05) is 0 Å². The van der Waals surface area contributed by atoms with Crippen molar-refractivity contribution < 1.29 is 28.4 Å². The Morgan fingerprint density at radius 2 is 2.04 bits per heavy atom. The second-order valence-corrected chi connectivity index (χ2v) is 3.92. The van der Waals surface area contributed by atoms with Gasteiger partial charge in [-0.1, -0.05) is 0 Å². The zero-order valence-electron chi connectivity index (χ0n) is 12.0. The van der Waals surface area contributed by atoms with Gasteiger partial charge in [0.1, 0.15) is 23.3 Å². The van der Waals surface area contributed by atoms with Gasteiger partial charge >= 0.3 is 11.9 Å². The molecule has 0 saturated heterocycles. The first-order chi connectivity index (χ1) is 10.8. The van der Waals surface area contributed by atoms with E-state index in [9.17, 15) is 24.1 Å². The van der Waals surface area contributed by atoms with Crippen LogP contribution in [0.3, 0.4) is 0 Å². The number of nitro benzene ring substituents is 1. The highest BCUT2D eigenvalue weighted by molar-refractivity contribution is 5.99. The largest absolute Gasteiger partial charge is 0.466 e. The predicted octanol–water partition coefficient (Wildman–Crippen LogP) is 1.25. The van der Waals surface area contributed by atoms with Crippen molar-refractivity contribution in [2.75, 3.05) is 19.5 Å². The molecule has 1 rings (SSSR count). The molecule has 0 bridgehead atoms. The normalized spacial score (nSPS) is 10.4. The van der Waals surface area contributed by atoms with Crippen molar-refractivity contribution in [3.63, 3.8) is 0 Å². The van der Waals surface area contributed by atoms with Crippen molar-refractivity contribution in [3.05, 3.63) is 45.4 Å². The molecule has 0 spiro atoms. The van der Waals surface area contributed by atoms with Gasteiger partial charge in [0, 0.05) is 12.1 Å². The number of nitrogens with zero attached hydrogens (tertiary/aromatic N) is 2. The van der Waals surface area contributed by atoms with Crippen LogP contribution in [-0.2, 0) is 19.1 Å². The standard InChI is InChI=1S/C13H10FN3O6/c1-22-12(18)5-10(13(19)23-2)16-9-4-8(14)7(6-15)3-11(9)17(20)21/h3-5,16H,1-2H3/b10-5+. The monoisotopic (exact) mass is 323 g/mol. The minimum atomic E-state index is -1.04. The van der Waals surface area contributed by atoms with Gasteiger partial charge < -0.3 is 14.8 Å². The van der Waals surface area contributed by atoms with Crippen LogP contribution in [0.2, 0.25) is 0 Å². The number of hydrogen-bond acceptors (Lipinski definition) is 8. The Labute approximate surface area is 129 Å². The molecule has 0 amide bonds. The highest BCUT2D eigenvalue weighted by atomic mass is 19.1. The number of carbonyl (C=O) groups is 2. The predicted molar refractivity (Wildman–Crippen MR) is 73.5 cm³/mol. The third-order valence-corrected chi connectivity index (χ3v) is 2.54. The van der Waals surface area contributed by atoms with Crippen molar-refractivity contribution in [1.29, 1.82) is 5.26 Å². The summed E-state index contributed by atoms with van der Waals surface area (Å²) in [6.45, 7) is 0. The van der Waals surface area contributed by atoms with Crippen LogP contribution in [0, 0.1) is 27.3 Å². The number of halogens is 1. The van der Waals surface area contributed by atoms with Gasteiger partial charge in [-0.15, -0.1) is 0 Å². The Morgan fingerprint density at radius 1 is 1.39 bits per heavy atom. The van der Waals surface area contributed by atoms with Crippen molar-refractivity contribution in [1.82, 2.24) is 0 Å². The minimum absolute atomic E-state index is 0.438. The van der Waals surface area contributed by atoms with E-state index in [1.54, 1.807) is 0 Å². The van der Waals surface area contributed by atoms with E-state index in [1.165, 1.54) is 6.07 Å². The highest BCUT2D eigenvalue weighted by Gasteiger charge is 2.22. The average molecular weight is 323 g/mol. The number of anilines is 1. The number of nitriles is 1. The Hall–Kier alpha value is -3.48. The van der Waals surface area contributed by atoms with Gasteiger partial charge in [-0.25, -0.2) is 14.0 Å². The summed E-state index contributed by atoms with van der Waals surface area (Å²) in [6, 6.07) is 2.82. The topological polar surface area (TPSA) is 132 Å². The second kappa shape index (κ2) is 7.51. The smallest absolute Gasteiger partial charge is 0.354 e. The van der Waals surface area contributed by atoms with Crippen molar-refractivity contribution in [2.45, 2.75) is 0 Å². The Balaban J connectivity index is 3.39. The molecule has 0 saturated carbocycles. The zero-order valence-corrected chi connectivity index (χ0v) is 12.0. The Morgan fingerprint density at radius 3 is 2.52 bits per heavy atom. The van der Waals surface area contributed by atoms with E-state index in [4.69, 9.17) is 5.26 Å². The molecular weight excluding hydrogens is 313 g/mol. The lowest BCUT2D eigenvalue weighted by Crippen LogP contribution is -2.16. The van der Waals surface area contributed by atoms with Crippen LogP contribution in [0.15, 0.2) is 23.9 Å². The van der Waals surface area contributed by atoms with Gasteiger partial charge in [-0.3, -0.25) is 10.1 Å². The molecule has 1 N–H and O–H groups in total. The molecule has 10 heteroatoms. The van der Waals surface area contributed by atoms with E-state index in [0.717, 1.165) is 14.2 Å². The first-order valence-corrected chi connectivity index (χ1v) is 5.87. The maximum Gasteiger partial charge on any atom is 0.354 e. The number of ether oxygens (including phenoxy) is 2. The Bertz CT molecular complexity index is 738. The summed E-state index contributed by atoms with van der Waals surface area (Å²) >= 11 is 0. The molecule has 0 aliphatic rings. The van der Waals surface area contributed by atoms with E-state index < -0.39 is 45.3 Å². The Kier molecular flexibility index (Phi) is 5.73. The number of rotatable bonds is 5. The van der Waals surface area contributed by atoms with Gasteiger partial charge in [-0.2, -0.15) is 5.26 Å². The fourth-order valence-electron chi connectivity index (χ4n) is 1.48. The third-order valence-electron chi connectivity index (χ3n) is 2.54. The lowest BCUT2D eigenvalue weighted by molar-refractivity contribution is -0.384. The fraction of sp³-hybridized carbons (Fsp3) is 0.154. The average Bonchev–Trinajstić information content (AvgIpc) is 2.53. The third kappa shape index (κ3) is 4.24. The van der Waals surface area contributed by atoms with E-state index in [-0.39, 0.29) is 0 Å². The summed E-state index contributed by atoms with van der Waals surface area (Å²) in [7, 11) is 2.07. The molecule has 0 aromatic heterocycles. The lowest BCUT2D eigenvalue weighted by atomic mass is 10.1. The number of carbonyl (C=O) groups excluding carboxylic acids is 2. The number of hydrogen-bond donors (Lipinski definition) is 1. The molecule has 120 valence electrons. The number of esters is 2. The van der Waals surface area contributed by atoms with E-state index >= 15 is 0 Å². The summed E-state index contributed by atoms with van der Waals surface area (Å²) < 4.78 is 22.4. The van der Waals surface area contributed by atoms with Crippen LogP contribution < -0.4 is 5.32 Å². The SMILES string of the molecule is COC(=O)/C=C(/Nc1cc(F)c(C#N)cc1[N+](=O)[O-])C(=O)OC. The van der Waals surface area contributed by atoms with Crippen LogP contribution in [0.1, 0.15) is 5.56 Å². The van der Waals surface area contributed by atoms with Crippen LogP contribution in [0.4, 0.5) is 15.8 Å². The maximum atomic E-state index is 13.6. The molecule has 1 aromatic carbocycles. The molecule has 1 aromatic rings. The zero-order chi connectivity index (χ0) is 17.6. The van der Waals surface area contributed by atoms with Crippen LogP contribution >= 0.6 is 0 Å². The van der Waals surface area contributed by atoms with Gasteiger partial charge in [0.05, 0.1) is 30.8 Å². The summed E-state index contributed by atoms with van der Waals surface area (Å²) in [6.07, 6.45) is 0.686. The maximum absolute atomic E-state index is 13.6. The van der Waals surface area contributed by atoms with Crippen molar-refractivity contribution in [2.24, 2.45) is 0 Å². The molecular formula is C13H10FN3O6. The first kappa shape index (κ1) is 17.6. The molecule has 0 radical (unpaired) electrons. The molecule has 0 unspecified atom stereocenters. The van der Waals surface area contributed by atoms with Gasteiger partial charge in [0.2, 0.25) is 0 Å². The first-order valence-electron chi connectivity index (χ1n) is 5.87. The number of nitrogens with one attached hydrogen (secondary N) is 1. The summed E-state index contributed by atoms with van der Waals surface area (Å²) in [5, 5.41) is 21.9. The molecule has 0 aliphatic heterocycles. The van der Waals surface area contributed by atoms with E-state index in [2.05, 4.69) is 14.8 Å². The summed E-state index contributed by atoms with van der Waals surface area (Å²) in [4.78, 5) is 32.9. The molecule has 0 aliphatic carbocycles. The summed E-state index contributed by atoms with van der Waals surface area (Å²) in [5.41, 5.74) is -2.15. The van der Waals surface area contributed by atoms with Crippen molar-refractivity contribution in [3.8, 4) is 6.07 Å². The molecule has 0 heterocycles. The van der Waals surface area contributed by atoms with Crippen LogP contribution in [-0.4, -0.2) is 31.1 Å². The number of benzene rings is 1. The molecule has 0 atom stereocenters. The van der Waals surface area contributed by atoms with Gasteiger partial charge in [0.15, 0.2) is 0 Å². The molecule has 23 heavy (non-hydrogen) atoms. The highest BCUT2D eigenvalue weighted by Crippen LogP contribution is 2.28. The number of nitro groups is 1. The number of methoxy groups -OCH3 is 2. The van der Waals surface area contributed by atoms with Crippen LogP contribution in [0.5, 0.6) is 0 Å². The van der Waals surface area contributed by atoms with Crippen LogP contribution in [0.25, 0.3) is 0 Å². The minimum Gasteiger partial charge on any atom is -0.466 e. The fourth-order valence-corrected chi connectivity index (χ4v) is 1.48. The van der Waals surface area contributed by atoms with E-state index in [0.29, 0.717) is 18.2 Å². The van der Waals surface area contributed by atoms with Gasteiger partial charge in [0.25, 0.3) is 5.69 Å². The van der Waals surface area contributed by atoms with Crippen molar-refractivity contribution >= 4 is 23.3 Å². The quantitative estimate of drug-likeness (QED) is 0.370. The molecule has 9 nitrogen and oxygen atoms in total. The molecule has 0 fully saturated rings. The van der Waals surface area contributed by atoms with Gasteiger partial charge in [-0.05, 0) is 0 Å².